The molecule has 3 rings (SSSR count). The Kier molecular flexibility index (Phi) is 8.98. The van der Waals surface area contributed by atoms with E-state index in [2.05, 4.69) is 36.5 Å². The van der Waals surface area contributed by atoms with Gasteiger partial charge in [0.2, 0.25) is 0 Å². The lowest BCUT2D eigenvalue weighted by molar-refractivity contribution is -0.119. The van der Waals surface area contributed by atoms with Gasteiger partial charge in [-0.2, -0.15) is 5.10 Å². The molecule has 0 fully saturated rings. The van der Waals surface area contributed by atoms with E-state index in [1.54, 1.807) is 36.4 Å². The molecular weight excluding hydrogens is 490 g/mol. The standard InChI is InChI=1S/C28H33N3O3S2/c1-21-11-13-24(14-12-21)31(36(33,34)26-17-15-25(35-5)16-18-26)20-27(32)30-29-22(2)19-28(3,4)23-9-7-6-8-10-23/h6-18H,19-20H2,1-5H3,(H,30,32)/b29-22-. The zero-order chi connectivity index (χ0) is 26.3. The molecular formula is C28H33N3O3S2. The average molecular weight is 524 g/mol. The van der Waals surface area contributed by atoms with Crippen LogP contribution in [0.25, 0.3) is 0 Å². The molecule has 0 aliphatic carbocycles. The van der Waals surface area contributed by atoms with Gasteiger partial charge in [0, 0.05) is 10.6 Å². The minimum atomic E-state index is -3.98. The summed E-state index contributed by atoms with van der Waals surface area (Å²) in [5.41, 5.74) is 5.71. The summed E-state index contributed by atoms with van der Waals surface area (Å²) >= 11 is 1.53. The molecule has 0 aliphatic rings. The van der Waals surface area contributed by atoms with Crippen molar-refractivity contribution in [3.05, 3.63) is 90.0 Å². The zero-order valence-corrected chi connectivity index (χ0v) is 23.0. The van der Waals surface area contributed by atoms with Gasteiger partial charge in [0.05, 0.1) is 10.6 Å². The lowest BCUT2D eigenvalue weighted by atomic mass is 9.80. The summed E-state index contributed by atoms with van der Waals surface area (Å²) in [6, 6.07) is 23.8. The van der Waals surface area contributed by atoms with Crippen LogP contribution in [0.2, 0.25) is 0 Å². The molecule has 0 aliphatic heterocycles. The van der Waals surface area contributed by atoms with Crippen LogP contribution < -0.4 is 9.73 Å². The first-order chi connectivity index (χ1) is 17.0. The maximum absolute atomic E-state index is 13.5. The van der Waals surface area contributed by atoms with E-state index in [0.29, 0.717) is 12.1 Å². The molecule has 0 spiro atoms. The third-order valence-electron chi connectivity index (χ3n) is 5.88. The molecule has 36 heavy (non-hydrogen) atoms. The van der Waals surface area contributed by atoms with E-state index >= 15 is 0 Å². The van der Waals surface area contributed by atoms with Crippen molar-refractivity contribution in [3.8, 4) is 0 Å². The van der Waals surface area contributed by atoms with Gasteiger partial charge in [-0.1, -0.05) is 61.9 Å². The van der Waals surface area contributed by atoms with Crippen LogP contribution in [-0.4, -0.2) is 32.8 Å². The summed E-state index contributed by atoms with van der Waals surface area (Å²) in [6.45, 7) is 7.63. The van der Waals surface area contributed by atoms with Crippen molar-refractivity contribution in [1.82, 2.24) is 5.43 Å². The van der Waals surface area contributed by atoms with Crippen LogP contribution in [0.1, 0.15) is 38.3 Å². The number of anilines is 1. The van der Waals surface area contributed by atoms with Crippen molar-refractivity contribution in [3.63, 3.8) is 0 Å². The second kappa shape index (κ2) is 11.8. The lowest BCUT2D eigenvalue weighted by Crippen LogP contribution is -2.39. The maximum Gasteiger partial charge on any atom is 0.264 e. The highest BCUT2D eigenvalue weighted by molar-refractivity contribution is 7.98. The highest BCUT2D eigenvalue weighted by Crippen LogP contribution is 2.28. The van der Waals surface area contributed by atoms with Gasteiger partial charge in [-0.15, -0.1) is 11.8 Å². The summed E-state index contributed by atoms with van der Waals surface area (Å²) in [7, 11) is -3.98. The molecule has 190 valence electrons. The molecule has 0 unspecified atom stereocenters. The normalized spacial score (nSPS) is 12.3. The fourth-order valence-corrected chi connectivity index (χ4v) is 5.72. The number of nitrogens with zero attached hydrogens (tertiary/aromatic N) is 2. The number of carbonyl (C=O) groups is 1. The number of thioether (sulfide) groups is 1. The van der Waals surface area contributed by atoms with Gasteiger partial charge in [-0.25, -0.2) is 13.8 Å². The van der Waals surface area contributed by atoms with Crippen molar-refractivity contribution >= 4 is 39.1 Å². The number of carbonyl (C=O) groups excluding carboxylic acids is 1. The van der Waals surface area contributed by atoms with E-state index in [0.717, 1.165) is 20.5 Å². The number of nitrogens with one attached hydrogen (secondary N) is 1. The molecule has 3 aromatic carbocycles. The number of aryl methyl sites for hydroxylation is 1. The number of sulfonamides is 1. The SMILES string of the molecule is CSc1ccc(S(=O)(=O)N(CC(=O)N/N=C(/C)CC(C)(C)c2ccccc2)c2ccc(C)cc2)cc1. The molecule has 0 aromatic heterocycles. The number of hydrogen-bond donors (Lipinski definition) is 1. The van der Waals surface area contributed by atoms with E-state index in [9.17, 15) is 13.2 Å². The average Bonchev–Trinajstić information content (AvgIpc) is 2.87. The molecule has 0 bridgehead atoms. The second-order valence-electron chi connectivity index (χ2n) is 9.33. The number of rotatable bonds is 10. The molecule has 3 aromatic rings. The fourth-order valence-electron chi connectivity index (χ4n) is 3.90. The minimum absolute atomic E-state index is 0.123. The van der Waals surface area contributed by atoms with E-state index in [1.165, 1.54) is 17.3 Å². The Labute approximate surface area is 218 Å². The van der Waals surface area contributed by atoms with Gasteiger partial charge in [0.15, 0.2) is 0 Å². The molecule has 8 heteroatoms. The summed E-state index contributed by atoms with van der Waals surface area (Å²) < 4.78 is 28.2. The van der Waals surface area contributed by atoms with Crippen LogP contribution in [0, 0.1) is 6.92 Å². The molecule has 0 saturated carbocycles. The van der Waals surface area contributed by atoms with Crippen LogP contribution >= 0.6 is 11.8 Å². The van der Waals surface area contributed by atoms with Gasteiger partial charge in [-0.3, -0.25) is 9.10 Å². The van der Waals surface area contributed by atoms with Gasteiger partial charge >= 0.3 is 0 Å². The molecule has 0 atom stereocenters. The Hall–Kier alpha value is -3.10. The summed E-state index contributed by atoms with van der Waals surface area (Å²) in [5.74, 6) is -0.517. The Morgan fingerprint density at radius 2 is 1.58 bits per heavy atom. The van der Waals surface area contributed by atoms with Crippen LogP contribution in [0.3, 0.4) is 0 Å². The molecule has 1 amide bonds. The van der Waals surface area contributed by atoms with Crippen LogP contribution in [0.15, 0.2) is 93.8 Å². The highest BCUT2D eigenvalue weighted by Gasteiger charge is 2.27. The van der Waals surface area contributed by atoms with Crippen LogP contribution in [0.4, 0.5) is 5.69 Å². The van der Waals surface area contributed by atoms with Gasteiger partial charge in [0.25, 0.3) is 15.9 Å². The predicted octanol–water partition coefficient (Wildman–Crippen LogP) is 5.77. The van der Waals surface area contributed by atoms with Crippen LogP contribution in [-0.2, 0) is 20.2 Å². The summed E-state index contributed by atoms with van der Waals surface area (Å²) in [6.07, 6.45) is 2.56. The zero-order valence-electron chi connectivity index (χ0n) is 21.4. The Bertz CT molecular complexity index is 1300. The van der Waals surface area contributed by atoms with E-state index in [1.807, 2.05) is 50.4 Å². The number of benzene rings is 3. The molecule has 0 saturated heterocycles. The first-order valence-electron chi connectivity index (χ1n) is 11.6. The van der Waals surface area contributed by atoms with Gasteiger partial charge in [0.1, 0.15) is 6.54 Å². The van der Waals surface area contributed by atoms with Gasteiger partial charge < -0.3 is 0 Å². The molecule has 1 N–H and O–H groups in total. The lowest BCUT2D eigenvalue weighted by Gasteiger charge is -2.25. The maximum atomic E-state index is 13.5. The highest BCUT2D eigenvalue weighted by atomic mass is 32.2. The largest absolute Gasteiger partial charge is 0.271 e. The fraction of sp³-hybridized carbons (Fsp3) is 0.286. The van der Waals surface area contributed by atoms with Crippen molar-refractivity contribution in [1.29, 1.82) is 0 Å². The topological polar surface area (TPSA) is 78.8 Å². The first kappa shape index (κ1) is 27.5. The monoisotopic (exact) mass is 523 g/mol. The number of hydrazone groups is 1. The van der Waals surface area contributed by atoms with Crippen molar-refractivity contribution in [2.24, 2.45) is 5.10 Å². The van der Waals surface area contributed by atoms with E-state index < -0.39 is 22.5 Å². The molecule has 0 radical (unpaired) electrons. The Balaban J connectivity index is 1.79. The second-order valence-corrected chi connectivity index (χ2v) is 12.1. The molecule has 6 nitrogen and oxygen atoms in total. The van der Waals surface area contributed by atoms with E-state index in [4.69, 9.17) is 0 Å². The van der Waals surface area contributed by atoms with Crippen molar-refractivity contribution in [2.75, 3.05) is 17.1 Å². The van der Waals surface area contributed by atoms with Crippen molar-refractivity contribution in [2.45, 2.75) is 49.3 Å². The Morgan fingerprint density at radius 3 is 2.17 bits per heavy atom. The number of amides is 1. The third-order valence-corrected chi connectivity index (χ3v) is 8.41. The smallest absolute Gasteiger partial charge is 0.264 e. The first-order valence-corrected chi connectivity index (χ1v) is 14.3. The Morgan fingerprint density at radius 1 is 0.972 bits per heavy atom. The quantitative estimate of drug-likeness (QED) is 0.208. The van der Waals surface area contributed by atoms with Gasteiger partial charge in [-0.05, 0) is 73.9 Å². The number of hydrogen-bond acceptors (Lipinski definition) is 5. The molecule has 0 heterocycles. The third kappa shape index (κ3) is 6.98. The van der Waals surface area contributed by atoms with E-state index in [-0.39, 0.29) is 10.3 Å². The summed E-state index contributed by atoms with van der Waals surface area (Å²) in [5, 5.41) is 4.27. The van der Waals surface area contributed by atoms with Crippen LogP contribution in [0.5, 0.6) is 0 Å². The van der Waals surface area contributed by atoms with Crippen molar-refractivity contribution < 1.29 is 13.2 Å². The summed E-state index contributed by atoms with van der Waals surface area (Å²) in [4.78, 5) is 14.0. The predicted molar refractivity (Wildman–Crippen MR) is 149 cm³/mol. The minimum Gasteiger partial charge on any atom is -0.271 e.